The molecule has 0 aliphatic carbocycles. The van der Waals surface area contributed by atoms with Gasteiger partial charge < -0.3 is 10.0 Å². The maximum absolute atomic E-state index is 11.9. The average Bonchev–Trinajstić information content (AvgIpc) is 2.70. The van der Waals surface area contributed by atoms with Crippen LogP contribution in [-0.4, -0.2) is 23.5 Å². The molecule has 1 N–H and O–H groups in total. The minimum Gasteiger partial charge on any atom is -0.478 e. The molecule has 1 unspecified atom stereocenters. The molecule has 0 aromatic heterocycles. The van der Waals surface area contributed by atoms with Crippen LogP contribution in [0.5, 0.6) is 0 Å². The summed E-state index contributed by atoms with van der Waals surface area (Å²) in [4.78, 5) is 24.6. The summed E-state index contributed by atoms with van der Waals surface area (Å²) >= 11 is 0. The van der Waals surface area contributed by atoms with Gasteiger partial charge in [-0.05, 0) is 24.6 Å². The van der Waals surface area contributed by atoms with E-state index in [-0.39, 0.29) is 17.4 Å². The van der Waals surface area contributed by atoms with Gasteiger partial charge in [-0.15, -0.1) is 6.58 Å². The first-order valence-corrected chi connectivity index (χ1v) is 5.79. The van der Waals surface area contributed by atoms with Gasteiger partial charge in [0.1, 0.15) is 0 Å². The van der Waals surface area contributed by atoms with E-state index in [2.05, 4.69) is 6.58 Å². The van der Waals surface area contributed by atoms with Gasteiger partial charge in [0.15, 0.2) is 0 Å². The van der Waals surface area contributed by atoms with Crippen LogP contribution in [0.2, 0.25) is 0 Å². The fourth-order valence-corrected chi connectivity index (χ4v) is 2.17. The maximum atomic E-state index is 11.9. The number of carboxylic acids is 1. The predicted octanol–water partition coefficient (Wildman–Crippen LogP) is 2.23. The fraction of sp³-hybridized carbons (Fsp3) is 0.286. The van der Waals surface area contributed by atoms with Crippen LogP contribution >= 0.6 is 0 Å². The topological polar surface area (TPSA) is 57.6 Å². The highest BCUT2D eigenvalue weighted by atomic mass is 16.4. The number of aryl methyl sites for hydroxylation is 1. The van der Waals surface area contributed by atoms with Gasteiger partial charge in [-0.25, -0.2) is 4.79 Å². The summed E-state index contributed by atoms with van der Waals surface area (Å²) in [5, 5.41) is 9.17. The highest BCUT2D eigenvalue weighted by molar-refractivity contribution is 6.03. The average molecular weight is 245 g/mol. The van der Waals surface area contributed by atoms with E-state index in [0.29, 0.717) is 18.7 Å². The van der Waals surface area contributed by atoms with Gasteiger partial charge >= 0.3 is 5.97 Å². The molecule has 1 aromatic rings. The molecule has 1 fully saturated rings. The maximum Gasteiger partial charge on any atom is 0.337 e. The second-order valence-electron chi connectivity index (χ2n) is 4.53. The summed E-state index contributed by atoms with van der Waals surface area (Å²) in [7, 11) is 0. The molecule has 0 bridgehead atoms. The smallest absolute Gasteiger partial charge is 0.337 e. The summed E-state index contributed by atoms with van der Waals surface area (Å²) < 4.78 is 0. The third-order valence-corrected chi connectivity index (χ3v) is 3.16. The first-order chi connectivity index (χ1) is 8.52. The number of benzene rings is 1. The number of hydrogen-bond donors (Lipinski definition) is 1. The zero-order valence-corrected chi connectivity index (χ0v) is 10.2. The molecule has 0 spiro atoms. The van der Waals surface area contributed by atoms with Crippen LogP contribution in [0.25, 0.3) is 0 Å². The van der Waals surface area contributed by atoms with Crippen molar-refractivity contribution in [1.29, 1.82) is 0 Å². The van der Waals surface area contributed by atoms with E-state index in [1.54, 1.807) is 29.2 Å². The van der Waals surface area contributed by atoms with Crippen LogP contribution in [0.3, 0.4) is 0 Å². The van der Waals surface area contributed by atoms with Crippen molar-refractivity contribution in [3.63, 3.8) is 0 Å². The number of carbonyl (C=O) groups is 2. The summed E-state index contributed by atoms with van der Waals surface area (Å²) in [5.74, 6) is -0.965. The summed E-state index contributed by atoms with van der Waals surface area (Å²) in [6, 6.07) is 5.02. The number of aromatic carboxylic acids is 1. The monoisotopic (exact) mass is 245 g/mol. The van der Waals surface area contributed by atoms with Crippen LogP contribution in [0.4, 0.5) is 5.69 Å². The number of rotatable bonds is 3. The molecule has 2 rings (SSSR count). The number of nitrogens with zero attached hydrogens (tertiary/aromatic N) is 1. The van der Waals surface area contributed by atoms with E-state index in [0.717, 1.165) is 5.56 Å². The molecule has 4 heteroatoms. The van der Waals surface area contributed by atoms with Gasteiger partial charge in [0.2, 0.25) is 5.91 Å². The Morgan fingerprint density at radius 2 is 2.28 bits per heavy atom. The lowest BCUT2D eigenvalue weighted by molar-refractivity contribution is -0.117. The van der Waals surface area contributed by atoms with E-state index in [1.165, 1.54) is 0 Å². The van der Waals surface area contributed by atoms with Gasteiger partial charge in [-0.1, -0.05) is 12.1 Å². The Morgan fingerprint density at radius 3 is 2.83 bits per heavy atom. The van der Waals surface area contributed by atoms with Crippen molar-refractivity contribution in [2.45, 2.75) is 13.3 Å². The summed E-state index contributed by atoms with van der Waals surface area (Å²) in [6.07, 6.45) is 2.14. The lowest BCUT2D eigenvalue weighted by atomic mass is 10.1. The van der Waals surface area contributed by atoms with Crippen molar-refractivity contribution in [2.24, 2.45) is 5.92 Å². The largest absolute Gasteiger partial charge is 0.478 e. The molecule has 1 aromatic carbocycles. The van der Waals surface area contributed by atoms with Crippen LogP contribution in [-0.2, 0) is 4.79 Å². The van der Waals surface area contributed by atoms with Gasteiger partial charge in [0, 0.05) is 18.9 Å². The molecule has 1 amide bonds. The molecule has 0 radical (unpaired) electrons. The molecular weight excluding hydrogens is 230 g/mol. The Labute approximate surface area is 106 Å². The van der Waals surface area contributed by atoms with Gasteiger partial charge in [0.05, 0.1) is 11.3 Å². The van der Waals surface area contributed by atoms with E-state index >= 15 is 0 Å². The Balaban J connectivity index is 2.44. The van der Waals surface area contributed by atoms with Gasteiger partial charge in [-0.2, -0.15) is 0 Å². The Kier molecular flexibility index (Phi) is 3.19. The third-order valence-electron chi connectivity index (χ3n) is 3.16. The number of carboxylic acid groups (broad SMARTS) is 1. The SMILES string of the molecule is C=CC1CC(=O)N(c2cc(C)ccc2C(=O)O)C1. The van der Waals surface area contributed by atoms with Crippen LogP contribution in [0, 0.1) is 12.8 Å². The minimum atomic E-state index is -1.01. The van der Waals surface area contributed by atoms with Crippen LogP contribution in [0.15, 0.2) is 30.9 Å². The first kappa shape index (κ1) is 12.4. The van der Waals surface area contributed by atoms with Crippen molar-refractivity contribution in [3.8, 4) is 0 Å². The molecule has 1 atom stereocenters. The van der Waals surface area contributed by atoms with Crippen LogP contribution in [0.1, 0.15) is 22.3 Å². The summed E-state index contributed by atoms with van der Waals surface area (Å²) in [6.45, 7) is 6.07. The number of hydrogen-bond acceptors (Lipinski definition) is 2. The van der Waals surface area contributed by atoms with Crippen molar-refractivity contribution in [3.05, 3.63) is 42.0 Å². The quantitative estimate of drug-likeness (QED) is 0.831. The van der Waals surface area contributed by atoms with E-state index in [1.807, 2.05) is 6.92 Å². The van der Waals surface area contributed by atoms with Gasteiger partial charge in [-0.3, -0.25) is 4.79 Å². The number of carbonyl (C=O) groups excluding carboxylic acids is 1. The summed E-state index contributed by atoms with van der Waals surface area (Å²) in [5.41, 5.74) is 1.58. The van der Waals surface area contributed by atoms with E-state index in [9.17, 15) is 9.59 Å². The zero-order chi connectivity index (χ0) is 13.3. The molecule has 1 heterocycles. The molecule has 18 heavy (non-hydrogen) atoms. The predicted molar refractivity (Wildman–Crippen MR) is 68.8 cm³/mol. The number of anilines is 1. The Bertz CT molecular complexity index is 522. The number of amides is 1. The van der Waals surface area contributed by atoms with Crippen molar-refractivity contribution in [2.75, 3.05) is 11.4 Å². The fourth-order valence-electron chi connectivity index (χ4n) is 2.17. The van der Waals surface area contributed by atoms with E-state index < -0.39 is 5.97 Å². The molecule has 0 saturated carbocycles. The first-order valence-electron chi connectivity index (χ1n) is 5.79. The molecule has 1 saturated heterocycles. The second-order valence-corrected chi connectivity index (χ2v) is 4.53. The van der Waals surface area contributed by atoms with Crippen LogP contribution < -0.4 is 4.90 Å². The van der Waals surface area contributed by atoms with Crippen molar-refractivity contribution >= 4 is 17.6 Å². The highest BCUT2D eigenvalue weighted by Gasteiger charge is 2.31. The normalized spacial score (nSPS) is 19.1. The Hall–Kier alpha value is -2.10. The molecule has 1 aliphatic rings. The Morgan fingerprint density at radius 1 is 1.56 bits per heavy atom. The third kappa shape index (κ3) is 2.14. The molecule has 4 nitrogen and oxygen atoms in total. The second kappa shape index (κ2) is 4.64. The van der Waals surface area contributed by atoms with Gasteiger partial charge in [0.25, 0.3) is 0 Å². The van der Waals surface area contributed by atoms with Crippen molar-refractivity contribution in [1.82, 2.24) is 0 Å². The lowest BCUT2D eigenvalue weighted by Crippen LogP contribution is -2.26. The van der Waals surface area contributed by atoms with E-state index in [4.69, 9.17) is 5.11 Å². The highest BCUT2D eigenvalue weighted by Crippen LogP contribution is 2.29. The van der Waals surface area contributed by atoms with Crippen molar-refractivity contribution < 1.29 is 14.7 Å². The molecule has 94 valence electrons. The lowest BCUT2D eigenvalue weighted by Gasteiger charge is -2.19. The minimum absolute atomic E-state index is 0.0481. The zero-order valence-electron chi connectivity index (χ0n) is 10.2. The molecule has 1 aliphatic heterocycles. The molecular formula is C14H15NO3. The standard InChI is InChI=1S/C14H15NO3/c1-3-10-7-13(16)15(8-10)12-6-9(2)4-5-11(12)14(17)18/h3-6,10H,1,7-8H2,2H3,(H,17,18).